The second kappa shape index (κ2) is 8.88. The molecule has 0 saturated carbocycles. The van der Waals surface area contributed by atoms with Gasteiger partial charge in [-0.15, -0.1) is 0 Å². The third kappa shape index (κ3) is 4.31. The Morgan fingerprint density at radius 2 is 1.55 bits per heavy atom. The van der Waals surface area contributed by atoms with E-state index in [-0.39, 0.29) is 28.4 Å². The summed E-state index contributed by atoms with van der Waals surface area (Å²) >= 11 is 5.89. The van der Waals surface area contributed by atoms with Crippen LogP contribution in [0.15, 0.2) is 81.4 Å². The summed E-state index contributed by atoms with van der Waals surface area (Å²) in [6.45, 7) is 0.190. The van der Waals surface area contributed by atoms with Crippen molar-refractivity contribution in [3.8, 4) is 11.5 Å². The van der Waals surface area contributed by atoms with Crippen LogP contribution in [0.5, 0.6) is 11.5 Å². The number of rotatable bonds is 6. The van der Waals surface area contributed by atoms with Gasteiger partial charge >= 0.3 is 0 Å². The molecule has 0 fully saturated rings. The maximum Gasteiger partial charge on any atom is 0.211 e. The van der Waals surface area contributed by atoms with Crippen LogP contribution in [0.3, 0.4) is 0 Å². The first-order chi connectivity index (χ1) is 15.7. The van der Waals surface area contributed by atoms with Crippen LogP contribution in [0, 0.1) is 5.82 Å². The summed E-state index contributed by atoms with van der Waals surface area (Å²) < 4.78 is 52.4. The first kappa shape index (κ1) is 22.8. The van der Waals surface area contributed by atoms with Crippen LogP contribution in [-0.4, -0.2) is 27.2 Å². The molecular weight excluding hydrogens is 469 g/mol. The molecule has 3 aromatic carbocycles. The molecule has 0 aliphatic carbocycles. The second-order valence-corrected chi connectivity index (χ2v) is 9.61. The molecule has 0 saturated heterocycles. The Morgan fingerprint density at radius 1 is 0.939 bits per heavy atom. The Hall–Kier alpha value is -3.36. The van der Waals surface area contributed by atoms with Crippen molar-refractivity contribution in [1.82, 2.24) is 4.57 Å². The van der Waals surface area contributed by atoms with Crippen molar-refractivity contribution in [1.29, 1.82) is 0 Å². The predicted octanol–water partition coefficient (Wildman–Crippen LogP) is 4.69. The van der Waals surface area contributed by atoms with Gasteiger partial charge in [-0.3, -0.25) is 4.79 Å². The van der Waals surface area contributed by atoms with Crippen LogP contribution in [-0.2, 0) is 16.4 Å². The molecule has 1 heterocycles. The molecule has 1 aromatic heterocycles. The third-order valence-corrected chi connectivity index (χ3v) is 7.25. The van der Waals surface area contributed by atoms with Crippen LogP contribution in [0.2, 0.25) is 5.02 Å². The van der Waals surface area contributed by atoms with Gasteiger partial charge in [0.25, 0.3) is 0 Å². The molecule has 6 nitrogen and oxygen atoms in total. The first-order valence-corrected chi connectivity index (χ1v) is 11.6. The molecule has 0 bridgehead atoms. The zero-order valence-corrected chi connectivity index (χ0v) is 19.3. The van der Waals surface area contributed by atoms with Crippen LogP contribution >= 0.6 is 11.6 Å². The fourth-order valence-electron chi connectivity index (χ4n) is 3.54. The van der Waals surface area contributed by atoms with E-state index in [0.29, 0.717) is 21.9 Å². The Bertz CT molecular complexity index is 1500. The number of benzene rings is 3. The quantitative estimate of drug-likeness (QED) is 0.394. The SMILES string of the molecule is COc1cc2c(=O)c(S(=O)(=O)c3ccc(Cl)cc3)cn(Cc3ccc(F)cc3)c2cc1OC. The van der Waals surface area contributed by atoms with E-state index in [2.05, 4.69) is 0 Å². The van der Waals surface area contributed by atoms with Gasteiger partial charge in [0, 0.05) is 23.8 Å². The Labute approximate surface area is 194 Å². The minimum Gasteiger partial charge on any atom is -0.493 e. The molecule has 0 aliphatic rings. The molecule has 170 valence electrons. The van der Waals surface area contributed by atoms with Crippen LogP contribution < -0.4 is 14.9 Å². The van der Waals surface area contributed by atoms with E-state index in [9.17, 15) is 17.6 Å². The molecule has 0 unspecified atom stereocenters. The van der Waals surface area contributed by atoms with E-state index in [1.54, 1.807) is 22.8 Å². The fourth-order valence-corrected chi connectivity index (χ4v) is 5.03. The number of aromatic nitrogens is 1. The molecule has 0 N–H and O–H groups in total. The van der Waals surface area contributed by atoms with Gasteiger partial charge in [0.05, 0.1) is 30.0 Å². The minimum atomic E-state index is -4.16. The number of sulfone groups is 1. The van der Waals surface area contributed by atoms with E-state index >= 15 is 0 Å². The van der Waals surface area contributed by atoms with Gasteiger partial charge in [-0.1, -0.05) is 23.7 Å². The van der Waals surface area contributed by atoms with Crippen molar-refractivity contribution < 1.29 is 22.3 Å². The molecule has 0 atom stereocenters. The number of halogens is 2. The molecule has 4 rings (SSSR count). The molecule has 0 amide bonds. The maximum absolute atomic E-state index is 13.4. The first-order valence-electron chi connectivity index (χ1n) is 9.79. The molecule has 33 heavy (non-hydrogen) atoms. The highest BCUT2D eigenvalue weighted by Crippen LogP contribution is 2.32. The molecular formula is C24H19ClFNO5S. The fraction of sp³-hybridized carbons (Fsp3) is 0.125. The van der Waals surface area contributed by atoms with E-state index in [1.807, 2.05) is 0 Å². The van der Waals surface area contributed by atoms with Crippen molar-refractivity contribution in [2.24, 2.45) is 0 Å². The Balaban J connectivity index is 2.01. The van der Waals surface area contributed by atoms with Crippen molar-refractivity contribution in [2.45, 2.75) is 16.3 Å². The van der Waals surface area contributed by atoms with E-state index < -0.39 is 20.2 Å². The minimum absolute atomic E-state index is 0.0582. The van der Waals surface area contributed by atoms with Crippen molar-refractivity contribution in [3.63, 3.8) is 0 Å². The summed E-state index contributed by atoms with van der Waals surface area (Å²) in [6, 6.07) is 14.5. The molecule has 9 heteroatoms. The zero-order valence-electron chi connectivity index (χ0n) is 17.7. The number of nitrogens with zero attached hydrogens (tertiary/aromatic N) is 1. The van der Waals surface area contributed by atoms with E-state index in [1.165, 1.54) is 62.9 Å². The van der Waals surface area contributed by atoms with Crippen molar-refractivity contribution in [2.75, 3.05) is 14.2 Å². The summed E-state index contributed by atoms with van der Waals surface area (Å²) in [4.78, 5) is 12.9. The lowest BCUT2D eigenvalue weighted by Crippen LogP contribution is -2.20. The van der Waals surface area contributed by atoms with Crippen molar-refractivity contribution in [3.05, 3.63) is 93.5 Å². The van der Waals surface area contributed by atoms with Gasteiger partial charge in [0.15, 0.2) is 11.5 Å². The van der Waals surface area contributed by atoms with Gasteiger partial charge in [0.1, 0.15) is 10.7 Å². The highest BCUT2D eigenvalue weighted by Gasteiger charge is 2.25. The van der Waals surface area contributed by atoms with Crippen LogP contribution in [0.25, 0.3) is 10.9 Å². The summed E-state index contributed by atoms with van der Waals surface area (Å²) in [5.41, 5.74) is 0.485. The van der Waals surface area contributed by atoms with Crippen LogP contribution in [0.4, 0.5) is 4.39 Å². The average Bonchev–Trinajstić information content (AvgIpc) is 2.81. The number of hydrogen-bond donors (Lipinski definition) is 0. The van der Waals surface area contributed by atoms with Crippen LogP contribution in [0.1, 0.15) is 5.56 Å². The topological polar surface area (TPSA) is 74.6 Å². The molecule has 0 aliphatic heterocycles. The largest absolute Gasteiger partial charge is 0.493 e. The lowest BCUT2D eigenvalue weighted by molar-refractivity contribution is 0.355. The van der Waals surface area contributed by atoms with E-state index in [4.69, 9.17) is 21.1 Å². The average molecular weight is 488 g/mol. The number of fused-ring (bicyclic) bond motifs is 1. The highest BCUT2D eigenvalue weighted by molar-refractivity contribution is 7.91. The lowest BCUT2D eigenvalue weighted by atomic mass is 10.1. The normalized spacial score (nSPS) is 11.5. The van der Waals surface area contributed by atoms with Gasteiger partial charge in [-0.2, -0.15) is 0 Å². The maximum atomic E-state index is 13.4. The molecule has 0 spiro atoms. The summed E-state index contributed by atoms with van der Waals surface area (Å²) in [5.74, 6) is 0.281. The predicted molar refractivity (Wildman–Crippen MR) is 124 cm³/mol. The summed E-state index contributed by atoms with van der Waals surface area (Å²) in [6.07, 6.45) is 1.30. The van der Waals surface area contributed by atoms with Gasteiger partial charge in [0.2, 0.25) is 15.3 Å². The monoisotopic (exact) mass is 487 g/mol. The Kier molecular flexibility index (Phi) is 6.14. The highest BCUT2D eigenvalue weighted by atomic mass is 35.5. The smallest absolute Gasteiger partial charge is 0.211 e. The third-order valence-electron chi connectivity index (χ3n) is 5.23. The van der Waals surface area contributed by atoms with Gasteiger partial charge < -0.3 is 14.0 Å². The van der Waals surface area contributed by atoms with Crippen molar-refractivity contribution >= 4 is 32.3 Å². The number of methoxy groups -OCH3 is 2. The number of ether oxygens (including phenoxy) is 2. The summed E-state index contributed by atoms with van der Waals surface area (Å²) in [5, 5.41) is 0.516. The standard InChI is InChI=1S/C24H19ClFNO5S/c1-31-21-11-19-20(12-22(21)32-2)27(13-15-3-7-17(26)8-4-15)14-23(24(19)28)33(29,30)18-9-5-16(25)6-10-18/h3-12,14H,13H2,1-2H3. The van der Waals surface area contributed by atoms with E-state index in [0.717, 1.165) is 0 Å². The summed E-state index contributed by atoms with van der Waals surface area (Å²) in [7, 11) is -1.27. The zero-order chi connectivity index (χ0) is 23.8. The number of hydrogen-bond acceptors (Lipinski definition) is 5. The van der Waals surface area contributed by atoms with Gasteiger partial charge in [-0.25, -0.2) is 12.8 Å². The number of pyridine rings is 1. The second-order valence-electron chi connectivity index (χ2n) is 7.26. The van der Waals surface area contributed by atoms with Gasteiger partial charge in [-0.05, 0) is 48.0 Å². The molecule has 0 radical (unpaired) electrons. The lowest BCUT2D eigenvalue weighted by Gasteiger charge is -2.16. The Morgan fingerprint density at radius 3 is 2.15 bits per heavy atom. The molecule has 4 aromatic rings.